The fraction of sp³-hybridized carbons (Fsp3) is 0.846. The van der Waals surface area contributed by atoms with Gasteiger partial charge in [0.2, 0.25) is 0 Å². The molecule has 0 atom stereocenters. The summed E-state index contributed by atoms with van der Waals surface area (Å²) in [6, 6.07) is 0. The second-order valence-corrected chi connectivity index (χ2v) is 5.25. The van der Waals surface area contributed by atoms with Gasteiger partial charge in [-0.2, -0.15) is 0 Å². The molecule has 0 aromatic heterocycles. The molecule has 1 aliphatic carbocycles. The van der Waals surface area contributed by atoms with Crippen molar-refractivity contribution in [1.29, 1.82) is 0 Å². The number of hydrogen-bond acceptors (Lipinski definition) is 1. The third kappa shape index (κ3) is 3.04. The molecule has 1 fully saturated rings. The summed E-state index contributed by atoms with van der Waals surface area (Å²) in [6.07, 6.45) is 6.56. The first kappa shape index (κ1) is 11.6. The lowest BCUT2D eigenvalue weighted by molar-refractivity contribution is 0.0928. The van der Waals surface area contributed by atoms with Gasteiger partial charge in [0, 0.05) is 5.41 Å². The lowest BCUT2D eigenvalue weighted by Gasteiger charge is -2.35. The van der Waals surface area contributed by atoms with Crippen molar-refractivity contribution < 1.29 is 4.74 Å². The largest absolute Gasteiger partial charge is 0.498 e. The minimum Gasteiger partial charge on any atom is -0.498 e. The molecule has 0 heterocycles. The Labute approximate surface area is 88.5 Å². The molecule has 0 spiro atoms. The molecule has 1 saturated carbocycles. The first-order chi connectivity index (χ1) is 6.54. The van der Waals surface area contributed by atoms with Gasteiger partial charge in [-0.15, -0.1) is 0 Å². The van der Waals surface area contributed by atoms with Gasteiger partial charge in [-0.25, -0.2) is 0 Å². The minimum absolute atomic E-state index is 0.257. The summed E-state index contributed by atoms with van der Waals surface area (Å²) in [5.41, 5.74) is 0.257. The quantitative estimate of drug-likeness (QED) is 0.614. The second kappa shape index (κ2) is 4.86. The van der Waals surface area contributed by atoms with E-state index >= 15 is 0 Å². The molecule has 0 bridgehead atoms. The van der Waals surface area contributed by atoms with Crippen LogP contribution in [0.25, 0.3) is 0 Å². The zero-order chi connectivity index (χ0) is 10.6. The molecule has 0 radical (unpaired) electrons. The van der Waals surface area contributed by atoms with Crippen LogP contribution < -0.4 is 0 Å². The van der Waals surface area contributed by atoms with Crippen LogP contribution in [-0.4, -0.2) is 6.61 Å². The van der Waals surface area contributed by atoms with E-state index in [0.29, 0.717) is 5.92 Å². The van der Waals surface area contributed by atoms with Crippen LogP contribution in [0.15, 0.2) is 12.3 Å². The van der Waals surface area contributed by atoms with Gasteiger partial charge in [-0.1, -0.05) is 46.6 Å². The SMILES string of the molecule is C=C(OCC(C)C)C1(C)CCCCC1. The summed E-state index contributed by atoms with van der Waals surface area (Å²) in [4.78, 5) is 0. The summed E-state index contributed by atoms with van der Waals surface area (Å²) in [6.45, 7) is 11.6. The average Bonchev–Trinajstić information content (AvgIpc) is 2.15. The third-order valence-electron chi connectivity index (χ3n) is 3.22. The van der Waals surface area contributed by atoms with E-state index in [-0.39, 0.29) is 5.41 Å². The van der Waals surface area contributed by atoms with Gasteiger partial charge in [0.1, 0.15) is 0 Å². The van der Waals surface area contributed by atoms with Gasteiger partial charge in [0.15, 0.2) is 0 Å². The van der Waals surface area contributed by atoms with Gasteiger partial charge in [-0.05, 0) is 18.8 Å². The van der Waals surface area contributed by atoms with E-state index in [2.05, 4.69) is 27.4 Å². The van der Waals surface area contributed by atoms with Crippen molar-refractivity contribution in [3.63, 3.8) is 0 Å². The topological polar surface area (TPSA) is 9.23 Å². The molecule has 14 heavy (non-hydrogen) atoms. The van der Waals surface area contributed by atoms with Gasteiger partial charge in [0.25, 0.3) is 0 Å². The fourth-order valence-electron chi connectivity index (χ4n) is 2.05. The highest BCUT2D eigenvalue weighted by Gasteiger charge is 2.31. The summed E-state index contributed by atoms with van der Waals surface area (Å²) in [5.74, 6) is 1.62. The number of allylic oxidation sites excluding steroid dienone is 1. The highest BCUT2D eigenvalue weighted by Crippen LogP contribution is 2.41. The number of rotatable bonds is 4. The van der Waals surface area contributed by atoms with Crippen LogP contribution in [0.4, 0.5) is 0 Å². The summed E-state index contributed by atoms with van der Waals surface area (Å²) < 4.78 is 5.75. The normalized spacial score (nSPS) is 20.9. The van der Waals surface area contributed by atoms with Crippen LogP contribution in [0.3, 0.4) is 0 Å². The summed E-state index contributed by atoms with van der Waals surface area (Å²) >= 11 is 0. The van der Waals surface area contributed by atoms with Crippen molar-refractivity contribution in [2.24, 2.45) is 11.3 Å². The van der Waals surface area contributed by atoms with Crippen LogP contribution in [0.2, 0.25) is 0 Å². The fourth-order valence-corrected chi connectivity index (χ4v) is 2.05. The van der Waals surface area contributed by atoms with Crippen molar-refractivity contribution in [2.45, 2.75) is 52.9 Å². The van der Waals surface area contributed by atoms with E-state index in [9.17, 15) is 0 Å². The maximum Gasteiger partial charge on any atom is 0.0947 e. The van der Waals surface area contributed by atoms with Crippen molar-refractivity contribution in [3.8, 4) is 0 Å². The molecule has 1 rings (SSSR count). The lowest BCUT2D eigenvalue weighted by atomic mass is 9.74. The molecular weight excluding hydrogens is 172 g/mol. The van der Waals surface area contributed by atoms with E-state index in [1.165, 1.54) is 32.1 Å². The Kier molecular flexibility index (Phi) is 4.03. The number of ether oxygens (including phenoxy) is 1. The Balaban J connectivity index is 2.41. The summed E-state index contributed by atoms with van der Waals surface area (Å²) in [5, 5.41) is 0. The average molecular weight is 196 g/mol. The highest BCUT2D eigenvalue weighted by molar-refractivity contribution is 5.02. The Morgan fingerprint density at radius 3 is 2.36 bits per heavy atom. The van der Waals surface area contributed by atoms with E-state index in [1.54, 1.807) is 0 Å². The molecule has 1 nitrogen and oxygen atoms in total. The molecule has 0 aromatic rings. The predicted molar refractivity (Wildman–Crippen MR) is 61.1 cm³/mol. The van der Waals surface area contributed by atoms with Crippen LogP contribution in [-0.2, 0) is 4.74 Å². The van der Waals surface area contributed by atoms with Crippen LogP contribution in [0.1, 0.15) is 52.9 Å². The van der Waals surface area contributed by atoms with E-state index < -0.39 is 0 Å². The zero-order valence-electron chi connectivity index (χ0n) is 9.94. The standard InChI is InChI=1S/C13H24O/c1-11(2)10-14-12(3)13(4)8-6-5-7-9-13/h11H,3,5-10H2,1-2,4H3. The maximum atomic E-state index is 5.75. The Morgan fingerprint density at radius 2 is 1.86 bits per heavy atom. The van der Waals surface area contributed by atoms with E-state index in [0.717, 1.165) is 12.4 Å². The van der Waals surface area contributed by atoms with Crippen LogP contribution in [0.5, 0.6) is 0 Å². The first-order valence-electron chi connectivity index (χ1n) is 5.87. The molecule has 0 saturated heterocycles. The van der Waals surface area contributed by atoms with Crippen molar-refractivity contribution in [2.75, 3.05) is 6.61 Å². The smallest absolute Gasteiger partial charge is 0.0947 e. The van der Waals surface area contributed by atoms with Crippen molar-refractivity contribution >= 4 is 0 Å². The van der Waals surface area contributed by atoms with E-state index in [4.69, 9.17) is 4.74 Å². The lowest BCUT2D eigenvalue weighted by Crippen LogP contribution is -2.24. The molecule has 0 unspecified atom stereocenters. The maximum absolute atomic E-state index is 5.75. The molecule has 0 N–H and O–H groups in total. The molecule has 0 aromatic carbocycles. The Hall–Kier alpha value is -0.460. The van der Waals surface area contributed by atoms with Gasteiger partial charge in [-0.3, -0.25) is 0 Å². The molecule has 1 heteroatoms. The molecule has 82 valence electrons. The Morgan fingerprint density at radius 1 is 1.29 bits per heavy atom. The molecule has 1 aliphatic rings. The van der Waals surface area contributed by atoms with E-state index in [1.807, 2.05) is 0 Å². The van der Waals surface area contributed by atoms with Gasteiger partial charge < -0.3 is 4.74 Å². The zero-order valence-corrected chi connectivity index (χ0v) is 9.94. The third-order valence-corrected chi connectivity index (χ3v) is 3.22. The monoisotopic (exact) mass is 196 g/mol. The van der Waals surface area contributed by atoms with Crippen molar-refractivity contribution in [1.82, 2.24) is 0 Å². The van der Waals surface area contributed by atoms with Crippen LogP contribution in [0, 0.1) is 11.3 Å². The van der Waals surface area contributed by atoms with Crippen LogP contribution >= 0.6 is 0 Å². The second-order valence-electron chi connectivity index (χ2n) is 5.25. The van der Waals surface area contributed by atoms with Gasteiger partial charge in [0.05, 0.1) is 12.4 Å². The number of hydrogen-bond donors (Lipinski definition) is 0. The minimum atomic E-state index is 0.257. The molecular formula is C13H24O. The molecule has 0 amide bonds. The summed E-state index contributed by atoms with van der Waals surface area (Å²) in [7, 11) is 0. The predicted octanol–water partition coefficient (Wildman–Crippen LogP) is 4.14. The first-order valence-corrected chi connectivity index (χ1v) is 5.87. The molecule has 0 aliphatic heterocycles. The van der Waals surface area contributed by atoms with Crippen molar-refractivity contribution in [3.05, 3.63) is 12.3 Å². The van der Waals surface area contributed by atoms with Gasteiger partial charge >= 0.3 is 0 Å². The highest BCUT2D eigenvalue weighted by atomic mass is 16.5. The Bertz CT molecular complexity index is 187.